The summed E-state index contributed by atoms with van der Waals surface area (Å²) in [5.41, 5.74) is 2.94. The van der Waals surface area contributed by atoms with E-state index in [1.54, 1.807) is 36.4 Å². The van der Waals surface area contributed by atoms with Gasteiger partial charge in [-0.05, 0) is 24.3 Å². The number of H-pyrrole nitrogens is 1. The number of fused-ring (bicyclic) bond motifs is 2. The van der Waals surface area contributed by atoms with Gasteiger partial charge in [0, 0.05) is 34.3 Å². The molecule has 5 nitrogen and oxygen atoms in total. The van der Waals surface area contributed by atoms with Gasteiger partial charge in [0.2, 0.25) is 5.78 Å². The van der Waals surface area contributed by atoms with Gasteiger partial charge in [0.1, 0.15) is 11.5 Å². The van der Waals surface area contributed by atoms with Crippen molar-refractivity contribution >= 4 is 28.5 Å². The summed E-state index contributed by atoms with van der Waals surface area (Å²) >= 11 is 0. The molecule has 5 heteroatoms. The number of carbonyl (C=O) groups excluding carboxylic acids is 2. The standard InChI is InChI=1S/C25H17NO4/c27-22(16-6-2-1-3-7-16)15-29-18-10-11-20-23(13-18)30-24(25(20)28)12-17-14-26-21-9-5-4-8-19(17)21/h1-14,26H,15H2. The molecule has 0 bridgehead atoms. The number of aromatic amines is 1. The van der Waals surface area contributed by atoms with Gasteiger partial charge in [-0.2, -0.15) is 0 Å². The van der Waals surface area contributed by atoms with Crippen LogP contribution in [-0.4, -0.2) is 23.2 Å². The first-order valence-electron chi connectivity index (χ1n) is 9.54. The zero-order valence-corrected chi connectivity index (χ0v) is 15.9. The SMILES string of the molecule is O=C(COc1ccc2c(c1)OC(=Cc1c[nH]c3ccccc13)C2=O)c1ccccc1. The Morgan fingerprint density at radius 2 is 1.80 bits per heavy atom. The van der Waals surface area contributed by atoms with Crippen molar-refractivity contribution in [2.24, 2.45) is 0 Å². The van der Waals surface area contributed by atoms with Crippen molar-refractivity contribution in [3.8, 4) is 11.5 Å². The molecule has 146 valence electrons. The highest BCUT2D eigenvalue weighted by Crippen LogP contribution is 2.35. The third-order valence-electron chi connectivity index (χ3n) is 5.01. The minimum absolute atomic E-state index is 0.0885. The number of carbonyl (C=O) groups is 2. The van der Waals surface area contributed by atoms with E-state index in [1.807, 2.05) is 48.7 Å². The van der Waals surface area contributed by atoms with Crippen molar-refractivity contribution in [3.63, 3.8) is 0 Å². The molecule has 3 aromatic carbocycles. The molecule has 0 saturated heterocycles. The Hall–Kier alpha value is -4.12. The number of para-hydroxylation sites is 1. The fourth-order valence-electron chi connectivity index (χ4n) is 3.47. The van der Waals surface area contributed by atoms with Crippen LogP contribution in [0.25, 0.3) is 17.0 Å². The average Bonchev–Trinajstić information content (AvgIpc) is 3.34. The van der Waals surface area contributed by atoms with Crippen molar-refractivity contribution in [2.45, 2.75) is 0 Å². The summed E-state index contributed by atoms with van der Waals surface area (Å²) in [7, 11) is 0. The molecule has 5 rings (SSSR count). The largest absolute Gasteiger partial charge is 0.485 e. The lowest BCUT2D eigenvalue weighted by atomic mass is 10.1. The molecular formula is C25H17NO4. The molecule has 0 aliphatic carbocycles. The van der Waals surface area contributed by atoms with Crippen molar-refractivity contribution in [3.05, 3.63) is 101 Å². The van der Waals surface area contributed by atoms with Crippen LogP contribution in [-0.2, 0) is 0 Å². The van der Waals surface area contributed by atoms with Crippen molar-refractivity contribution < 1.29 is 19.1 Å². The number of nitrogens with one attached hydrogen (secondary N) is 1. The molecule has 0 spiro atoms. The fourth-order valence-corrected chi connectivity index (χ4v) is 3.47. The number of ether oxygens (including phenoxy) is 2. The van der Waals surface area contributed by atoms with E-state index in [0.29, 0.717) is 22.6 Å². The van der Waals surface area contributed by atoms with Gasteiger partial charge in [0.05, 0.1) is 5.56 Å². The van der Waals surface area contributed by atoms with Gasteiger partial charge in [-0.3, -0.25) is 9.59 Å². The minimum atomic E-state index is -0.179. The molecule has 1 aliphatic rings. The zero-order chi connectivity index (χ0) is 20.5. The first-order valence-corrected chi connectivity index (χ1v) is 9.54. The smallest absolute Gasteiger partial charge is 0.231 e. The highest BCUT2D eigenvalue weighted by Gasteiger charge is 2.28. The number of ketones is 2. The molecule has 1 aliphatic heterocycles. The third-order valence-corrected chi connectivity index (χ3v) is 5.01. The predicted molar refractivity (Wildman–Crippen MR) is 114 cm³/mol. The second kappa shape index (κ2) is 7.37. The molecular weight excluding hydrogens is 378 g/mol. The number of hydrogen-bond donors (Lipinski definition) is 1. The van der Waals surface area contributed by atoms with Crippen LogP contribution < -0.4 is 9.47 Å². The van der Waals surface area contributed by atoms with E-state index in [1.165, 1.54) is 0 Å². The topological polar surface area (TPSA) is 68.4 Å². The zero-order valence-electron chi connectivity index (χ0n) is 15.9. The van der Waals surface area contributed by atoms with Crippen LogP contribution >= 0.6 is 0 Å². The summed E-state index contributed by atoms with van der Waals surface area (Å²) in [5.74, 6) is 0.859. The van der Waals surface area contributed by atoms with Crippen LogP contribution in [0.5, 0.6) is 11.5 Å². The molecule has 0 fully saturated rings. The van der Waals surface area contributed by atoms with E-state index in [9.17, 15) is 9.59 Å². The number of aromatic nitrogens is 1. The van der Waals surface area contributed by atoms with Crippen molar-refractivity contribution in [2.75, 3.05) is 6.61 Å². The first kappa shape index (κ1) is 17.9. The van der Waals surface area contributed by atoms with E-state index in [4.69, 9.17) is 9.47 Å². The number of hydrogen-bond acceptors (Lipinski definition) is 4. The third kappa shape index (κ3) is 3.26. The maximum Gasteiger partial charge on any atom is 0.231 e. The number of allylic oxidation sites excluding steroid dienone is 1. The molecule has 30 heavy (non-hydrogen) atoms. The lowest BCUT2D eigenvalue weighted by molar-refractivity contribution is 0.0921. The van der Waals surface area contributed by atoms with E-state index in [0.717, 1.165) is 16.5 Å². The highest BCUT2D eigenvalue weighted by molar-refractivity contribution is 6.15. The lowest BCUT2D eigenvalue weighted by Gasteiger charge is -2.06. The molecule has 0 amide bonds. The van der Waals surface area contributed by atoms with Crippen LogP contribution in [0.2, 0.25) is 0 Å². The minimum Gasteiger partial charge on any atom is -0.485 e. The number of benzene rings is 3. The summed E-state index contributed by atoms with van der Waals surface area (Å²) in [6, 6.07) is 21.8. The Morgan fingerprint density at radius 3 is 2.67 bits per heavy atom. The van der Waals surface area contributed by atoms with Gasteiger partial charge in [-0.25, -0.2) is 0 Å². The normalized spacial score (nSPS) is 14.0. The highest BCUT2D eigenvalue weighted by atomic mass is 16.5. The monoisotopic (exact) mass is 395 g/mol. The second-order valence-electron chi connectivity index (χ2n) is 6.97. The van der Waals surface area contributed by atoms with Gasteiger partial charge in [0.15, 0.2) is 18.1 Å². The van der Waals surface area contributed by atoms with Crippen LogP contribution in [0.3, 0.4) is 0 Å². The fraction of sp³-hybridized carbons (Fsp3) is 0.0400. The Bertz CT molecular complexity index is 1300. The second-order valence-corrected chi connectivity index (χ2v) is 6.97. The summed E-state index contributed by atoms with van der Waals surface area (Å²) in [5, 5.41) is 1.01. The van der Waals surface area contributed by atoms with Crippen molar-refractivity contribution in [1.82, 2.24) is 4.98 Å². The Kier molecular flexibility index (Phi) is 4.41. The van der Waals surface area contributed by atoms with Gasteiger partial charge < -0.3 is 14.5 Å². The van der Waals surface area contributed by atoms with Crippen LogP contribution in [0.1, 0.15) is 26.3 Å². The van der Waals surface area contributed by atoms with Crippen LogP contribution in [0.4, 0.5) is 0 Å². The quantitative estimate of drug-likeness (QED) is 0.379. The van der Waals surface area contributed by atoms with E-state index >= 15 is 0 Å². The first-order chi connectivity index (χ1) is 14.7. The molecule has 0 radical (unpaired) electrons. The molecule has 1 aromatic heterocycles. The van der Waals surface area contributed by atoms with Crippen LogP contribution in [0, 0.1) is 0 Å². The molecule has 0 atom stereocenters. The summed E-state index contributed by atoms with van der Waals surface area (Å²) < 4.78 is 11.4. The van der Waals surface area contributed by atoms with Crippen LogP contribution in [0.15, 0.2) is 84.8 Å². The van der Waals surface area contributed by atoms with Crippen molar-refractivity contribution in [1.29, 1.82) is 0 Å². The molecule has 4 aromatic rings. The average molecular weight is 395 g/mol. The maximum absolute atomic E-state index is 12.7. The Morgan fingerprint density at radius 1 is 1.00 bits per heavy atom. The lowest BCUT2D eigenvalue weighted by Crippen LogP contribution is -2.11. The maximum atomic E-state index is 12.7. The van der Waals surface area contributed by atoms with E-state index in [2.05, 4.69) is 4.98 Å². The van der Waals surface area contributed by atoms with Gasteiger partial charge in [-0.1, -0.05) is 48.5 Å². The van der Waals surface area contributed by atoms with E-state index in [-0.39, 0.29) is 23.9 Å². The number of Topliss-reactive ketones (excluding diaryl/α,β-unsaturated/α-hetero) is 2. The Balaban J connectivity index is 1.34. The number of rotatable bonds is 5. The van der Waals surface area contributed by atoms with Gasteiger partial charge >= 0.3 is 0 Å². The summed E-state index contributed by atoms with van der Waals surface area (Å²) in [6.45, 7) is -0.0885. The Labute approximate surface area is 172 Å². The van der Waals surface area contributed by atoms with E-state index < -0.39 is 0 Å². The summed E-state index contributed by atoms with van der Waals surface area (Å²) in [6.07, 6.45) is 3.58. The predicted octanol–water partition coefficient (Wildman–Crippen LogP) is 5.05. The summed E-state index contributed by atoms with van der Waals surface area (Å²) in [4.78, 5) is 28.1. The van der Waals surface area contributed by atoms with Gasteiger partial charge in [0.25, 0.3) is 0 Å². The molecule has 2 heterocycles. The molecule has 0 unspecified atom stereocenters. The van der Waals surface area contributed by atoms with Gasteiger partial charge in [-0.15, -0.1) is 0 Å². The molecule has 1 N–H and O–H groups in total. The molecule has 0 saturated carbocycles.